The van der Waals surface area contributed by atoms with Crippen LogP contribution in [-0.4, -0.2) is 11.9 Å². The maximum Gasteiger partial charge on any atom is 0.348 e. The first-order valence-electron chi connectivity index (χ1n) is 6.98. The predicted molar refractivity (Wildman–Crippen MR) is 94.2 cm³/mol. The SMILES string of the molecule is O=C(Nc1ccc(C(=O)OCc2cccc(Br)c2)s1)c1ccco1. The third kappa shape index (κ3) is 4.12. The van der Waals surface area contributed by atoms with Crippen molar-refractivity contribution in [2.75, 3.05) is 5.32 Å². The number of furan rings is 1. The molecule has 122 valence electrons. The maximum absolute atomic E-state index is 12.1. The van der Waals surface area contributed by atoms with Gasteiger partial charge in [-0.05, 0) is 42.0 Å². The number of anilines is 1. The fourth-order valence-electron chi connectivity index (χ4n) is 1.94. The first kappa shape index (κ1) is 16.5. The minimum atomic E-state index is -0.432. The van der Waals surface area contributed by atoms with Gasteiger partial charge < -0.3 is 14.5 Å². The van der Waals surface area contributed by atoms with Crippen molar-refractivity contribution in [2.45, 2.75) is 6.61 Å². The number of hydrogen-bond acceptors (Lipinski definition) is 5. The van der Waals surface area contributed by atoms with Crippen LogP contribution >= 0.6 is 27.3 Å². The van der Waals surface area contributed by atoms with Crippen molar-refractivity contribution in [1.29, 1.82) is 0 Å². The van der Waals surface area contributed by atoms with Gasteiger partial charge in [0.1, 0.15) is 11.5 Å². The van der Waals surface area contributed by atoms with Gasteiger partial charge in [-0.25, -0.2) is 4.79 Å². The van der Waals surface area contributed by atoms with Crippen LogP contribution in [-0.2, 0) is 11.3 Å². The van der Waals surface area contributed by atoms with Crippen LogP contribution in [0, 0.1) is 0 Å². The number of ether oxygens (including phenoxy) is 1. The summed E-state index contributed by atoms with van der Waals surface area (Å²) >= 11 is 4.52. The summed E-state index contributed by atoms with van der Waals surface area (Å²) in [6.07, 6.45) is 1.42. The maximum atomic E-state index is 12.1. The van der Waals surface area contributed by atoms with Crippen LogP contribution in [0.2, 0.25) is 0 Å². The van der Waals surface area contributed by atoms with Crippen LogP contribution < -0.4 is 5.32 Å². The molecule has 1 amide bonds. The van der Waals surface area contributed by atoms with E-state index in [0.29, 0.717) is 9.88 Å². The zero-order valence-electron chi connectivity index (χ0n) is 12.3. The molecule has 24 heavy (non-hydrogen) atoms. The molecule has 0 aliphatic carbocycles. The first-order valence-corrected chi connectivity index (χ1v) is 8.59. The summed E-state index contributed by atoms with van der Waals surface area (Å²) in [6, 6.07) is 14.0. The highest BCUT2D eigenvalue weighted by Gasteiger charge is 2.14. The Labute approximate surface area is 150 Å². The van der Waals surface area contributed by atoms with E-state index in [2.05, 4.69) is 21.2 Å². The molecule has 1 aromatic carbocycles. The highest BCUT2D eigenvalue weighted by molar-refractivity contribution is 9.10. The standard InChI is InChI=1S/C17H12BrNO4S/c18-12-4-1-3-11(9-12)10-23-17(21)14-6-7-15(24-14)19-16(20)13-5-2-8-22-13/h1-9H,10H2,(H,19,20). The minimum Gasteiger partial charge on any atom is -0.459 e. The lowest BCUT2D eigenvalue weighted by Crippen LogP contribution is -2.09. The van der Waals surface area contributed by atoms with Crippen molar-refractivity contribution in [2.24, 2.45) is 0 Å². The van der Waals surface area contributed by atoms with Crippen molar-refractivity contribution in [3.05, 3.63) is 75.5 Å². The lowest BCUT2D eigenvalue weighted by Gasteiger charge is -2.04. The van der Waals surface area contributed by atoms with Crippen LogP contribution in [0.4, 0.5) is 5.00 Å². The zero-order chi connectivity index (χ0) is 16.9. The largest absolute Gasteiger partial charge is 0.459 e. The van der Waals surface area contributed by atoms with Crippen molar-refractivity contribution < 1.29 is 18.7 Å². The summed E-state index contributed by atoms with van der Waals surface area (Å²) < 4.78 is 11.2. The second-order valence-corrected chi connectivity index (χ2v) is 6.80. The van der Waals surface area contributed by atoms with Crippen molar-refractivity contribution in [3.63, 3.8) is 0 Å². The fourth-order valence-corrected chi connectivity index (χ4v) is 3.18. The molecule has 0 aliphatic rings. The molecule has 0 radical (unpaired) electrons. The van der Waals surface area contributed by atoms with E-state index in [1.807, 2.05) is 24.3 Å². The Bertz CT molecular complexity index is 857. The second kappa shape index (κ2) is 7.46. The van der Waals surface area contributed by atoms with Crippen LogP contribution in [0.25, 0.3) is 0 Å². The summed E-state index contributed by atoms with van der Waals surface area (Å²) in [5.74, 6) is -0.587. The number of esters is 1. The Balaban J connectivity index is 1.58. The van der Waals surface area contributed by atoms with E-state index in [4.69, 9.17) is 9.15 Å². The van der Waals surface area contributed by atoms with Gasteiger partial charge in [-0.1, -0.05) is 28.1 Å². The van der Waals surface area contributed by atoms with E-state index >= 15 is 0 Å². The molecule has 5 nitrogen and oxygen atoms in total. The van der Waals surface area contributed by atoms with Gasteiger partial charge in [0.2, 0.25) is 0 Å². The molecule has 0 fully saturated rings. The minimum absolute atomic E-state index is 0.185. The number of thiophene rings is 1. The van der Waals surface area contributed by atoms with Gasteiger partial charge in [0, 0.05) is 4.47 Å². The Morgan fingerprint density at radius 1 is 1.17 bits per heavy atom. The van der Waals surface area contributed by atoms with Crippen molar-refractivity contribution in [1.82, 2.24) is 0 Å². The van der Waals surface area contributed by atoms with Crippen molar-refractivity contribution >= 4 is 44.1 Å². The van der Waals surface area contributed by atoms with Crippen LogP contribution in [0.15, 0.2) is 63.7 Å². The Morgan fingerprint density at radius 3 is 2.79 bits per heavy atom. The number of carbonyl (C=O) groups is 2. The molecule has 0 atom stereocenters. The predicted octanol–water partition coefficient (Wildman–Crippen LogP) is 4.71. The molecule has 3 aromatic rings. The van der Waals surface area contributed by atoms with E-state index < -0.39 is 5.97 Å². The second-order valence-electron chi connectivity index (χ2n) is 4.80. The molecule has 2 aromatic heterocycles. The molecule has 0 unspecified atom stereocenters. The third-order valence-corrected chi connectivity index (χ3v) is 4.52. The highest BCUT2D eigenvalue weighted by atomic mass is 79.9. The molecule has 0 spiro atoms. The van der Waals surface area contributed by atoms with E-state index in [1.54, 1.807) is 24.3 Å². The number of benzene rings is 1. The Morgan fingerprint density at radius 2 is 2.04 bits per heavy atom. The number of hydrogen-bond donors (Lipinski definition) is 1. The molecule has 0 aliphatic heterocycles. The Hall–Kier alpha value is -2.38. The van der Waals surface area contributed by atoms with Gasteiger partial charge in [-0.3, -0.25) is 4.79 Å². The molecule has 0 saturated carbocycles. The summed E-state index contributed by atoms with van der Waals surface area (Å²) in [7, 11) is 0. The monoisotopic (exact) mass is 405 g/mol. The molecular formula is C17H12BrNO4S. The molecule has 1 N–H and O–H groups in total. The summed E-state index contributed by atoms with van der Waals surface area (Å²) in [5.41, 5.74) is 0.889. The third-order valence-electron chi connectivity index (χ3n) is 3.05. The van der Waals surface area contributed by atoms with E-state index in [9.17, 15) is 9.59 Å². The van der Waals surface area contributed by atoms with Gasteiger partial charge in [0.05, 0.1) is 11.3 Å². The lowest BCUT2D eigenvalue weighted by molar-refractivity contribution is 0.0478. The summed E-state index contributed by atoms with van der Waals surface area (Å²) in [4.78, 5) is 24.4. The zero-order valence-corrected chi connectivity index (χ0v) is 14.7. The molecule has 3 rings (SSSR count). The van der Waals surface area contributed by atoms with Crippen molar-refractivity contribution in [3.8, 4) is 0 Å². The summed E-state index contributed by atoms with van der Waals surface area (Å²) in [6.45, 7) is 0.185. The molecule has 0 bridgehead atoms. The average Bonchev–Trinajstić information content (AvgIpc) is 3.24. The highest BCUT2D eigenvalue weighted by Crippen LogP contribution is 2.24. The quantitative estimate of drug-likeness (QED) is 0.623. The number of halogens is 1. The topological polar surface area (TPSA) is 68.5 Å². The van der Waals surface area contributed by atoms with E-state index in [-0.39, 0.29) is 18.3 Å². The normalized spacial score (nSPS) is 10.4. The van der Waals surface area contributed by atoms with Crippen LogP contribution in [0.5, 0.6) is 0 Å². The van der Waals surface area contributed by atoms with Gasteiger partial charge in [0.25, 0.3) is 5.91 Å². The smallest absolute Gasteiger partial charge is 0.348 e. The van der Waals surface area contributed by atoms with Gasteiger partial charge >= 0.3 is 5.97 Å². The molecule has 2 heterocycles. The fraction of sp³-hybridized carbons (Fsp3) is 0.0588. The Kier molecular flexibility index (Phi) is 5.12. The number of carbonyl (C=O) groups excluding carboxylic acids is 2. The van der Waals surface area contributed by atoms with Crippen LogP contribution in [0.1, 0.15) is 25.8 Å². The lowest BCUT2D eigenvalue weighted by atomic mass is 10.2. The number of nitrogens with one attached hydrogen (secondary N) is 1. The molecule has 0 saturated heterocycles. The van der Waals surface area contributed by atoms with E-state index in [1.165, 1.54) is 6.26 Å². The number of rotatable bonds is 5. The van der Waals surface area contributed by atoms with Gasteiger partial charge in [-0.15, -0.1) is 11.3 Å². The molecular weight excluding hydrogens is 394 g/mol. The average molecular weight is 406 g/mol. The van der Waals surface area contributed by atoms with Crippen LogP contribution in [0.3, 0.4) is 0 Å². The summed E-state index contributed by atoms with van der Waals surface area (Å²) in [5, 5.41) is 3.22. The first-order chi connectivity index (χ1) is 11.6. The van der Waals surface area contributed by atoms with Gasteiger partial charge in [0.15, 0.2) is 5.76 Å². The number of amides is 1. The van der Waals surface area contributed by atoms with Gasteiger partial charge in [-0.2, -0.15) is 0 Å². The molecule has 7 heteroatoms. The van der Waals surface area contributed by atoms with E-state index in [0.717, 1.165) is 21.4 Å².